The first kappa shape index (κ1) is 18.5. The molecule has 1 aliphatic rings. The minimum absolute atomic E-state index is 0.110. The van der Waals surface area contributed by atoms with Gasteiger partial charge >= 0.3 is 0 Å². The zero-order valence-corrected chi connectivity index (χ0v) is 16.2. The number of hydrogen-bond acceptors (Lipinski definition) is 2. The number of carbonyl (C=O) groups is 1. The molecule has 0 N–H and O–H groups in total. The Morgan fingerprint density at radius 3 is 2.11 bits per heavy atom. The third-order valence-electron chi connectivity index (χ3n) is 5.78. The van der Waals surface area contributed by atoms with E-state index in [2.05, 4.69) is 63.0 Å². The third-order valence-corrected chi connectivity index (χ3v) is 5.78. The number of hydrogen-bond donors (Lipinski definition) is 0. The van der Waals surface area contributed by atoms with Crippen LogP contribution in [0.5, 0.6) is 0 Å². The average Bonchev–Trinajstić information content (AvgIpc) is 3.27. The van der Waals surface area contributed by atoms with E-state index in [1.54, 1.807) is 0 Å². The average molecular weight is 374 g/mol. The van der Waals surface area contributed by atoms with E-state index in [4.69, 9.17) is 0 Å². The standard InChI is InChI=1S/C24H27N3O/c28-24(27-14-11-20(12-15-27)18-26-16-13-25-19-26)17-23(21-7-3-1-4-8-21)22-9-5-2-6-10-22/h1-10,13,16,19-20,23H,11-12,14-15,17-18H2. The molecule has 4 nitrogen and oxygen atoms in total. The number of rotatable bonds is 6. The number of nitrogens with zero attached hydrogens (tertiary/aromatic N) is 3. The summed E-state index contributed by atoms with van der Waals surface area (Å²) in [6, 6.07) is 20.8. The third kappa shape index (κ3) is 4.50. The second-order valence-electron chi connectivity index (χ2n) is 7.66. The summed E-state index contributed by atoms with van der Waals surface area (Å²) in [5.74, 6) is 0.995. The van der Waals surface area contributed by atoms with Crippen molar-refractivity contribution in [2.75, 3.05) is 13.1 Å². The summed E-state index contributed by atoms with van der Waals surface area (Å²) >= 11 is 0. The zero-order chi connectivity index (χ0) is 19.2. The van der Waals surface area contributed by atoms with Crippen molar-refractivity contribution in [2.45, 2.75) is 31.7 Å². The van der Waals surface area contributed by atoms with E-state index >= 15 is 0 Å². The van der Waals surface area contributed by atoms with Gasteiger partial charge < -0.3 is 9.47 Å². The molecule has 1 saturated heterocycles. The van der Waals surface area contributed by atoms with Gasteiger partial charge in [-0.15, -0.1) is 0 Å². The molecule has 3 aromatic rings. The lowest BCUT2D eigenvalue weighted by Gasteiger charge is -2.33. The fraction of sp³-hybridized carbons (Fsp3) is 0.333. The number of aromatic nitrogens is 2. The molecule has 1 fully saturated rings. The summed E-state index contributed by atoms with van der Waals surface area (Å²) < 4.78 is 2.14. The molecule has 0 unspecified atom stereocenters. The van der Waals surface area contributed by atoms with E-state index < -0.39 is 0 Å². The second kappa shape index (κ2) is 8.87. The van der Waals surface area contributed by atoms with E-state index in [1.165, 1.54) is 11.1 Å². The predicted octanol–water partition coefficient (Wildman–Crippen LogP) is 4.34. The fourth-order valence-corrected chi connectivity index (χ4v) is 4.16. The van der Waals surface area contributed by atoms with Crippen LogP contribution in [-0.2, 0) is 11.3 Å². The molecular weight excluding hydrogens is 346 g/mol. The lowest BCUT2D eigenvalue weighted by molar-refractivity contribution is -0.132. The smallest absolute Gasteiger partial charge is 0.223 e. The first-order valence-corrected chi connectivity index (χ1v) is 10.1. The monoisotopic (exact) mass is 373 g/mol. The number of likely N-dealkylation sites (tertiary alicyclic amines) is 1. The minimum atomic E-state index is 0.110. The van der Waals surface area contributed by atoms with Gasteiger partial charge in [-0.3, -0.25) is 4.79 Å². The molecule has 0 atom stereocenters. The van der Waals surface area contributed by atoms with Crippen molar-refractivity contribution in [3.63, 3.8) is 0 Å². The van der Waals surface area contributed by atoms with Gasteiger partial charge in [-0.1, -0.05) is 60.7 Å². The molecule has 0 spiro atoms. The molecule has 2 aromatic carbocycles. The summed E-state index contributed by atoms with van der Waals surface area (Å²) in [5.41, 5.74) is 2.41. The van der Waals surface area contributed by atoms with Gasteiger partial charge in [-0.05, 0) is 29.9 Å². The largest absolute Gasteiger partial charge is 0.343 e. The Kier molecular flexibility index (Phi) is 5.86. The first-order chi connectivity index (χ1) is 13.8. The number of piperidine rings is 1. The maximum absolute atomic E-state index is 13.1. The summed E-state index contributed by atoms with van der Waals surface area (Å²) in [6.45, 7) is 2.71. The minimum Gasteiger partial charge on any atom is -0.343 e. The molecule has 0 radical (unpaired) electrons. The Balaban J connectivity index is 1.40. The Bertz CT molecular complexity index is 814. The predicted molar refractivity (Wildman–Crippen MR) is 111 cm³/mol. The SMILES string of the molecule is O=C(CC(c1ccccc1)c1ccccc1)N1CCC(Cn2ccnc2)CC1. The molecule has 4 heteroatoms. The van der Waals surface area contributed by atoms with E-state index in [9.17, 15) is 4.79 Å². The van der Waals surface area contributed by atoms with Crippen LogP contribution in [-0.4, -0.2) is 33.4 Å². The first-order valence-electron chi connectivity index (χ1n) is 10.1. The van der Waals surface area contributed by atoms with Crippen molar-refractivity contribution in [2.24, 2.45) is 5.92 Å². The van der Waals surface area contributed by atoms with E-state index in [0.29, 0.717) is 12.3 Å². The summed E-state index contributed by atoms with van der Waals surface area (Å²) in [6.07, 6.45) is 8.37. The molecule has 2 heterocycles. The fourth-order valence-electron chi connectivity index (χ4n) is 4.16. The highest BCUT2D eigenvalue weighted by Crippen LogP contribution is 2.29. The van der Waals surface area contributed by atoms with Crippen LogP contribution < -0.4 is 0 Å². The number of amides is 1. The van der Waals surface area contributed by atoms with Crippen LogP contribution in [0.2, 0.25) is 0 Å². The van der Waals surface area contributed by atoms with Crippen molar-refractivity contribution < 1.29 is 4.79 Å². The molecule has 0 aliphatic carbocycles. The highest BCUT2D eigenvalue weighted by Gasteiger charge is 2.26. The Morgan fingerprint density at radius 1 is 0.964 bits per heavy atom. The molecule has 28 heavy (non-hydrogen) atoms. The molecule has 1 aliphatic heterocycles. The quantitative estimate of drug-likeness (QED) is 0.644. The van der Waals surface area contributed by atoms with E-state index in [1.807, 2.05) is 30.9 Å². The van der Waals surface area contributed by atoms with Gasteiger partial charge in [-0.2, -0.15) is 0 Å². The topological polar surface area (TPSA) is 38.1 Å². The normalized spacial score (nSPS) is 15.1. The van der Waals surface area contributed by atoms with Gasteiger partial charge in [0.15, 0.2) is 0 Å². The molecular formula is C24H27N3O. The van der Waals surface area contributed by atoms with Gasteiger partial charge in [0.2, 0.25) is 5.91 Å². The van der Waals surface area contributed by atoms with Gasteiger partial charge in [0.25, 0.3) is 0 Å². The van der Waals surface area contributed by atoms with Crippen LogP contribution in [0, 0.1) is 5.92 Å². The van der Waals surface area contributed by atoms with Crippen LogP contribution in [0.1, 0.15) is 36.3 Å². The van der Waals surface area contributed by atoms with Crippen molar-refractivity contribution in [3.05, 3.63) is 90.5 Å². The van der Waals surface area contributed by atoms with Crippen LogP contribution >= 0.6 is 0 Å². The Labute approximate surface area is 166 Å². The van der Waals surface area contributed by atoms with E-state index in [-0.39, 0.29) is 11.8 Å². The highest BCUT2D eigenvalue weighted by atomic mass is 16.2. The number of imidazole rings is 1. The van der Waals surface area contributed by atoms with Crippen molar-refractivity contribution in [1.82, 2.24) is 14.5 Å². The highest BCUT2D eigenvalue weighted by molar-refractivity contribution is 5.78. The van der Waals surface area contributed by atoms with Gasteiger partial charge in [0, 0.05) is 44.4 Å². The summed E-state index contributed by atoms with van der Waals surface area (Å²) in [7, 11) is 0. The van der Waals surface area contributed by atoms with Crippen molar-refractivity contribution >= 4 is 5.91 Å². The molecule has 4 rings (SSSR count). The van der Waals surface area contributed by atoms with Crippen molar-refractivity contribution in [1.29, 1.82) is 0 Å². The summed E-state index contributed by atoms with van der Waals surface area (Å²) in [4.78, 5) is 19.3. The molecule has 0 saturated carbocycles. The van der Waals surface area contributed by atoms with Gasteiger partial charge in [0.1, 0.15) is 0 Å². The van der Waals surface area contributed by atoms with E-state index in [0.717, 1.165) is 32.5 Å². The molecule has 144 valence electrons. The van der Waals surface area contributed by atoms with Crippen LogP contribution in [0.25, 0.3) is 0 Å². The van der Waals surface area contributed by atoms with Gasteiger partial charge in [0.05, 0.1) is 6.33 Å². The maximum atomic E-state index is 13.1. The summed E-state index contributed by atoms with van der Waals surface area (Å²) in [5, 5.41) is 0. The lowest BCUT2D eigenvalue weighted by Crippen LogP contribution is -2.39. The Hall–Kier alpha value is -2.88. The molecule has 1 aromatic heterocycles. The van der Waals surface area contributed by atoms with Crippen LogP contribution in [0.15, 0.2) is 79.4 Å². The second-order valence-corrected chi connectivity index (χ2v) is 7.66. The zero-order valence-electron chi connectivity index (χ0n) is 16.2. The lowest BCUT2D eigenvalue weighted by atomic mass is 9.87. The van der Waals surface area contributed by atoms with Crippen LogP contribution in [0.3, 0.4) is 0 Å². The van der Waals surface area contributed by atoms with Gasteiger partial charge in [-0.25, -0.2) is 4.98 Å². The Morgan fingerprint density at radius 2 is 1.57 bits per heavy atom. The molecule has 0 bridgehead atoms. The van der Waals surface area contributed by atoms with Crippen LogP contribution in [0.4, 0.5) is 0 Å². The van der Waals surface area contributed by atoms with Crippen molar-refractivity contribution in [3.8, 4) is 0 Å². The molecule has 1 amide bonds. The number of carbonyl (C=O) groups excluding carboxylic acids is 1. The maximum Gasteiger partial charge on any atom is 0.223 e. The number of benzene rings is 2.